The lowest BCUT2D eigenvalue weighted by Gasteiger charge is -2.09. The molecule has 86 valence electrons. The highest BCUT2D eigenvalue weighted by atomic mass is 15.0. The topological polar surface area (TPSA) is 30.7 Å². The van der Waals surface area contributed by atoms with Crippen molar-refractivity contribution in [1.29, 1.82) is 0 Å². The normalized spacial score (nSPS) is 11.8. The zero-order valence-corrected chi connectivity index (χ0v) is 10.3. The van der Waals surface area contributed by atoms with Gasteiger partial charge < -0.3 is 4.57 Å². The van der Waals surface area contributed by atoms with Crippen molar-refractivity contribution in [2.45, 2.75) is 19.8 Å². The minimum atomic E-state index is 0.509. The van der Waals surface area contributed by atoms with Gasteiger partial charge in [-0.25, -0.2) is 9.97 Å². The molecule has 0 fully saturated rings. The van der Waals surface area contributed by atoms with Crippen LogP contribution in [0.25, 0.3) is 21.9 Å². The van der Waals surface area contributed by atoms with Gasteiger partial charge in [0.25, 0.3) is 0 Å². The maximum absolute atomic E-state index is 4.40. The van der Waals surface area contributed by atoms with E-state index in [0.29, 0.717) is 5.92 Å². The molecule has 0 aliphatic heterocycles. The van der Waals surface area contributed by atoms with E-state index < -0.39 is 0 Å². The van der Waals surface area contributed by atoms with E-state index in [1.54, 1.807) is 6.33 Å². The van der Waals surface area contributed by atoms with Crippen LogP contribution in [0.15, 0.2) is 30.7 Å². The Morgan fingerprint density at radius 3 is 2.82 bits per heavy atom. The molecule has 0 amide bonds. The third-order valence-corrected chi connectivity index (χ3v) is 3.33. The minimum Gasteiger partial charge on any atom is -0.341 e. The highest BCUT2D eigenvalue weighted by Gasteiger charge is 2.13. The second-order valence-corrected chi connectivity index (χ2v) is 4.71. The summed E-state index contributed by atoms with van der Waals surface area (Å²) in [7, 11) is 2.08. The molecule has 0 N–H and O–H groups in total. The average Bonchev–Trinajstić information content (AvgIpc) is 2.64. The molecule has 2 aromatic heterocycles. The van der Waals surface area contributed by atoms with Gasteiger partial charge in [-0.15, -0.1) is 0 Å². The fourth-order valence-electron chi connectivity index (χ4n) is 2.49. The largest absolute Gasteiger partial charge is 0.341 e. The van der Waals surface area contributed by atoms with Gasteiger partial charge in [-0.1, -0.05) is 32.0 Å². The van der Waals surface area contributed by atoms with E-state index in [-0.39, 0.29) is 0 Å². The smallest absolute Gasteiger partial charge is 0.116 e. The summed E-state index contributed by atoms with van der Waals surface area (Å²) in [6.07, 6.45) is 3.50. The molecule has 0 saturated carbocycles. The van der Waals surface area contributed by atoms with Crippen LogP contribution < -0.4 is 0 Å². The van der Waals surface area contributed by atoms with Crippen molar-refractivity contribution in [3.63, 3.8) is 0 Å². The Morgan fingerprint density at radius 2 is 2.06 bits per heavy atom. The van der Waals surface area contributed by atoms with Crippen LogP contribution in [0, 0.1) is 0 Å². The molecule has 3 aromatic rings. The van der Waals surface area contributed by atoms with E-state index in [2.05, 4.69) is 53.6 Å². The monoisotopic (exact) mass is 225 g/mol. The van der Waals surface area contributed by atoms with E-state index in [1.165, 1.54) is 16.5 Å². The summed E-state index contributed by atoms with van der Waals surface area (Å²) in [4.78, 5) is 8.51. The quantitative estimate of drug-likeness (QED) is 0.636. The summed E-state index contributed by atoms with van der Waals surface area (Å²) in [5, 5.41) is 1.22. The SMILES string of the molecule is CC(C)c1cccc2c3ncncc3n(C)c12. The van der Waals surface area contributed by atoms with Gasteiger partial charge in [0.2, 0.25) is 0 Å². The summed E-state index contributed by atoms with van der Waals surface area (Å²) in [5.74, 6) is 0.509. The van der Waals surface area contributed by atoms with Gasteiger partial charge in [0.15, 0.2) is 0 Å². The number of hydrogen-bond donors (Lipinski definition) is 0. The maximum atomic E-state index is 4.40. The lowest BCUT2D eigenvalue weighted by Crippen LogP contribution is -1.94. The molecule has 3 nitrogen and oxygen atoms in total. The third-order valence-electron chi connectivity index (χ3n) is 3.33. The van der Waals surface area contributed by atoms with Crippen LogP contribution >= 0.6 is 0 Å². The fourth-order valence-corrected chi connectivity index (χ4v) is 2.49. The first-order valence-corrected chi connectivity index (χ1v) is 5.87. The van der Waals surface area contributed by atoms with Gasteiger partial charge in [-0.05, 0) is 11.5 Å². The summed E-state index contributed by atoms with van der Waals surface area (Å²) >= 11 is 0. The summed E-state index contributed by atoms with van der Waals surface area (Å²) < 4.78 is 2.19. The van der Waals surface area contributed by atoms with Crippen LogP contribution in [0.4, 0.5) is 0 Å². The van der Waals surface area contributed by atoms with Gasteiger partial charge in [-0.2, -0.15) is 0 Å². The number of para-hydroxylation sites is 1. The molecule has 0 unspecified atom stereocenters. The van der Waals surface area contributed by atoms with Crippen LogP contribution in [-0.4, -0.2) is 14.5 Å². The Kier molecular flexibility index (Phi) is 2.15. The highest BCUT2D eigenvalue weighted by Crippen LogP contribution is 2.31. The molecular formula is C14H15N3. The number of nitrogens with zero attached hydrogens (tertiary/aromatic N) is 3. The number of aromatic nitrogens is 3. The molecule has 0 bridgehead atoms. The van der Waals surface area contributed by atoms with E-state index in [4.69, 9.17) is 0 Å². The highest BCUT2D eigenvalue weighted by molar-refractivity contribution is 6.06. The molecule has 0 radical (unpaired) electrons. The van der Waals surface area contributed by atoms with Crippen molar-refractivity contribution < 1.29 is 0 Å². The molecule has 0 atom stereocenters. The maximum Gasteiger partial charge on any atom is 0.116 e. The van der Waals surface area contributed by atoms with Crippen LogP contribution in [0.1, 0.15) is 25.3 Å². The second-order valence-electron chi connectivity index (χ2n) is 4.71. The zero-order chi connectivity index (χ0) is 12.0. The Balaban J connectivity index is 2.57. The molecule has 0 saturated heterocycles. The molecule has 0 spiro atoms. The van der Waals surface area contributed by atoms with Crippen molar-refractivity contribution in [2.24, 2.45) is 7.05 Å². The predicted octanol–water partition coefficient (Wildman–Crippen LogP) is 3.24. The lowest BCUT2D eigenvalue weighted by molar-refractivity contribution is 0.861. The van der Waals surface area contributed by atoms with Crippen LogP contribution in [0.5, 0.6) is 0 Å². The average molecular weight is 225 g/mol. The van der Waals surface area contributed by atoms with Crippen LogP contribution in [-0.2, 0) is 7.05 Å². The third kappa shape index (κ3) is 1.35. The van der Waals surface area contributed by atoms with Crippen molar-refractivity contribution in [3.8, 4) is 0 Å². The Morgan fingerprint density at radius 1 is 1.24 bits per heavy atom. The summed E-state index contributed by atoms with van der Waals surface area (Å²) in [6, 6.07) is 6.44. The summed E-state index contributed by atoms with van der Waals surface area (Å²) in [5.41, 5.74) is 4.77. The first-order chi connectivity index (χ1) is 8.20. The van der Waals surface area contributed by atoms with E-state index in [0.717, 1.165) is 11.0 Å². The van der Waals surface area contributed by atoms with Crippen LogP contribution in [0.2, 0.25) is 0 Å². The number of fused-ring (bicyclic) bond motifs is 3. The van der Waals surface area contributed by atoms with E-state index in [9.17, 15) is 0 Å². The molecule has 17 heavy (non-hydrogen) atoms. The number of rotatable bonds is 1. The van der Waals surface area contributed by atoms with Gasteiger partial charge >= 0.3 is 0 Å². The number of benzene rings is 1. The predicted molar refractivity (Wildman–Crippen MR) is 70.1 cm³/mol. The van der Waals surface area contributed by atoms with Gasteiger partial charge in [0.05, 0.1) is 22.7 Å². The standard InChI is InChI=1S/C14H15N3/c1-9(2)10-5-4-6-11-13-12(7-15-8-16-13)17(3)14(10)11/h4-9H,1-3H3. The molecule has 0 aliphatic carbocycles. The van der Waals surface area contributed by atoms with Gasteiger partial charge in [0, 0.05) is 12.4 Å². The molecule has 2 heterocycles. The second kappa shape index (κ2) is 3.55. The molecule has 3 rings (SSSR count). The zero-order valence-electron chi connectivity index (χ0n) is 10.3. The van der Waals surface area contributed by atoms with Gasteiger partial charge in [0.1, 0.15) is 6.33 Å². The molecule has 3 heteroatoms. The van der Waals surface area contributed by atoms with E-state index in [1.807, 2.05) is 6.20 Å². The first kappa shape index (κ1) is 10.3. The van der Waals surface area contributed by atoms with Crippen molar-refractivity contribution >= 4 is 21.9 Å². The Labute approximate surface area is 100 Å². The number of hydrogen-bond acceptors (Lipinski definition) is 2. The Bertz CT molecular complexity index is 695. The summed E-state index contributed by atoms with van der Waals surface area (Å²) in [6.45, 7) is 4.44. The Hall–Kier alpha value is -1.90. The van der Waals surface area contributed by atoms with E-state index >= 15 is 0 Å². The molecule has 0 aliphatic rings. The van der Waals surface area contributed by atoms with Gasteiger partial charge in [-0.3, -0.25) is 0 Å². The van der Waals surface area contributed by atoms with Crippen molar-refractivity contribution in [1.82, 2.24) is 14.5 Å². The molecular weight excluding hydrogens is 210 g/mol. The van der Waals surface area contributed by atoms with Crippen molar-refractivity contribution in [3.05, 3.63) is 36.3 Å². The fraction of sp³-hybridized carbons (Fsp3) is 0.286. The lowest BCUT2D eigenvalue weighted by atomic mass is 10.0. The number of aryl methyl sites for hydroxylation is 1. The molecule has 1 aromatic carbocycles. The minimum absolute atomic E-state index is 0.509. The first-order valence-electron chi connectivity index (χ1n) is 5.87. The van der Waals surface area contributed by atoms with Crippen molar-refractivity contribution in [2.75, 3.05) is 0 Å². The van der Waals surface area contributed by atoms with Crippen LogP contribution in [0.3, 0.4) is 0 Å².